The number of nitrogens with two attached hydrogens (primary N) is 4. The highest BCUT2D eigenvalue weighted by atomic mass is 16.0. The molecule has 5 nitrogen and oxygen atoms in total. The van der Waals surface area contributed by atoms with Crippen molar-refractivity contribution in [2.24, 2.45) is 22.9 Å². The van der Waals surface area contributed by atoms with Crippen LogP contribution in [0.3, 0.4) is 0 Å². The summed E-state index contributed by atoms with van der Waals surface area (Å²) in [6.07, 6.45) is 6.61. The lowest BCUT2D eigenvalue weighted by Crippen LogP contribution is -1.90. The van der Waals surface area contributed by atoms with Crippen molar-refractivity contribution in [3.8, 4) is 0 Å². The summed E-state index contributed by atoms with van der Waals surface area (Å²) in [5.41, 5.74) is 19.6. The molecule has 0 amide bonds. The lowest BCUT2D eigenvalue weighted by atomic mass is 10.7. The van der Waals surface area contributed by atoms with Crippen LogP contribution in [0.4, 0.5) is 0 Å². The highest BCUT2D eigenvalue weighted by Crippen LogP contribution is 1.41. The van der Waals surface area contributed by atoms with Crippen molar-refractivity contribution in [2.75, 3.05) is 26.2 Å². The Balaban J connectivity index is -0.0000000369. The SMILES string of the molecule is C=CCN.C=CCN.C=CCN.C=CCN.O. The molecular formula is C12H30N4O. The van der Waals surface area contributed by atoms with E-state index in [9.17, 15) is 0 Å². The predicted octanol–water partition coefficient (Wildman–Crippen LogP) is -0.300. The summed E-state index contributed by atoms with van der Waals surface area (Å²) in [5.74, 6) is 0. The molecule has 0 heterocycles. The zero-order valence-electron chi connectivity index (χ0n) is 10.8. The van der Waals surface area contributed by atoms with Crippen LogP contribution >= 0.6 is 0 Å². The molecule has 0 aliphatic carbocycles. The van der Waals surface area contributed by atoms with Gasteiger partial charge in [0.15, 0.2) is 0 Å². The van der Waals surface area contributed by atoms with E-state index in [1.54, 1.807) is 24.3 Å². The van der Waals surface area contributed by atoms with Gasteiger partial charge in [0.2, 0.25) is 0 Å². The van der Waals surface area contributed by atoms with Crippen LogP contribution in [0, 0.1) is 0 Å². The van der Waals surface area contributed by atoms with Crippen molar-refractivity contribution < 1.29 is 5.48 Å². The zero-order chi connectivity index (χ0) is 13.7. The van der Waals surface area contributed by atoms with Crippen LogP contribution in [0.5, 0.6) is 0 Å². The second-order valence-electron chi connectivity index (χ2n) is 2.10. The molecule has 0 aromatic heterocycles. The minimum absolute atomic E-state index is 0. The van der Waals surface area contributed by atoms with E-state index in [-0.39, 0.29) is 5.48 Å². The van der Waals surface area contributed by atoms with Crippen molar-refractivity contribution in [1.29, 1.82) is 0 Å². The molecule has 0 aliphatic heterocycles. The molecule has 0 atom stereocenters. The Labute approximate surface area is 106 Å². The molecule has 10 N–H and O–H groups in total. The molecule has 0 saturated carbocycles. The predicted molar refractivity (Wildman–Crippen MR) is 80.6 cm³/mol. The third-order valence-corrected chi connectivity index (χ3v) is 0.667. The standard InChI is InChI=1S/4C3H7N.H2O/c4*1-2-3-4;/h4*2H,1,3-4H2;1H2. The molecule has 0 aliphatic rings. The van der Waals surface area contributed by atoms with Crippen molar-refractivity contribution >= 4 is 0 Å². The first-order valence-electron chi connectivity index (χ1n) is 4.90. The lowest BCUT2D eigenvalue weighted by molar-refractivity contribution is 0.824. The molecule has 17 heavy (non-hydrogen) atoms. The van der Waals surface area contributed by atoms with Gasteiger partial charge >= 0.3 is 0 Å². The molecule has 0 fully saturated rings. The number of hydrogen-bond acceptors (Lipinski definition) is 4. The molecule has 104 valence electrons. The van der Waals surface area contributed by atoms with Gasteiger partial charge in [0, 0.05) is 26.2 Å². The Bertz CT molecular complexity index is 106. The van der Waals surface area contributed by atoms with E-state index in [1.165, 1.54) is 0 Å². The van der Waals surface area contributed by atoms with Crippen molar-refractivity contribution in [3.05, 3.63) is 50.6 Å². The van der Waals surface area contributed by atoms with E-state index in [4.69, 9.17) is 22.9 Å². The van der Waals surface area contributed by atoms with Crippen LogP contribution in [0.2, 0.25) is 0 Å². The largest absolute Gasteiger partial charge is 0.412 e. The molecule has 0 spiro atoms. The molecule has 0 bridgehead atoms. The maximum absolute atomic E-state index is 4.91. The van der Waals surface area contributed by atoms with Crippen LogP contribution in [-0.2, 0) is 0 Å². The second-order valence-corrected chi connectivity index (χ2v) is 2.10. The molecule has 5 heteroatoms. The summed E-state index contributed by atoms with van der Waals surface area (Å²) in [6.45, 7) is 15.8. The van der Waals surface area contributed by atoms with Crippen molar-refractivity contribution in [2.45, 2.75) is 0 Å². The summed E-state index contributed by atoms with van der Waals surface area (Å²) in [7, 11) is 0. The molecule has 0 aromatic carbocycles. The summed E-state index contributed by atoms with van der Waals surface area (Å²) in [5, 5.41) is 0. The Hall–Kier alpha value is -1.24. The average Bonchev–Trinajstić information content (AvgIpc) is 2.39. The first kappa shape index (κ1) is 29.7. The number of hydrogen-bond donors (Lipinski definition) is 4. The van der Waals surface area contributed by atoms with E-state index in [2.05, 4.69) is 26.3 Å². The zero-order valence-corrected chi connectivity index (χ0v) is 10.8. The van der Waals surface area contributed by atoms with Gasteiger partial charge in [0.05, 0.1) is 0 Å². The minimum atomic E-state index is 0. The average molecular weight is 246 g/mol. The lowest BCUT2D eigenvalue weighted by Gasteiger charge is -1.61. The van der Waals surface area contributed by atoms with E-state index in [0.29, 0.717) is 26.2 Å². The number of rotatable bonds is 4. The second kappa shape index (κ2) is 61.2. The Morgan fingerprint density at radius 3 is 0.588 bits per heavy atom. The van der Waals surface area contributed by atoms with E-state index >= 15 is 0 Å². The molecular weight excluding hydrogens is 216 g/mol. The van der Waals surface area contributed by atoms with Crippen molar-refractivity contribution in [1.82, 2.24) is 0 Å². The van der Waals surface area contributed by atoms with Crippen LogP contribution in [0.25, 0.3) is 0 Å². The fourth-order valence-corrected chi connectivity index (χ4v) is 0. The van der Waals surface area contributed by atoms with E-state index < -0.39 is 0 Å². The highest BCUT2D eigenvalue weighted by molar-refractivity contribution is 4.65. The minimum Gasteiger partial charge on any atom is -0.412 e. The molecule has 0 radical (unpaired) electrons. The third-order valence-electron chi connectivity index (χ3n) is 0.667. The normalized spacial score (nSPS) is 5.88. The molecule has 0 aromatic rings. The summed E-state index contributed by atoms with van der Waals surface area (Å²) < 4.78 is 0. The van der Waals surface area contributed by atoms with Gasteiger partial charge in [-0.05, 0) is 0 Å². The summed E-state index contributed by atoms with van der Waals surface area (Å²) in [4.78, 5) is 0. The fraction of sp³-hybridized carbons (Fsp3) is 0.333. The highest BCUT2D eigenvalue weighted by Gasteiger charge is 1.44. The smallest absolute Gasteiger partial charge is 0.0104 e. The Kier molecular flexibility index (Phi) is 107. The van der Waals surface area contributed by atoms with Gasteiger partial charge in [-0.1, -0.05) is 24.3 Å². The van der Waals surface area contributed by atoms with Gasteiger partial charge in [0.25, 0.3) is 0 Å². The van der Waals surface area contributed by atoms with Crippen LogP contribution < -0.4 is 22.9 Å². The van der Waals surface area contributed by atoms with Gasteiger partial charge < -0.3 is 28.4 Å². The monoisotopic (exact) mass is 246 g/mol. The van der Waals surface area contributed by atoms with Gasteiger partial charge in [-0.15, -0.1) is 26.3 Å². The van der Waals surface area contributed by atoms with Crippen LogP contribution in [-0.4, -0.2) is 31.7 Å². The van der Waals surface area contributed by atoms with Crippen molar-refractivity contribution in [3.63, 3.8) is 0 Å². The molecule has 0 saturated heterocycles. The first-order chi connectivity index (χ1) is 7.66. The van der Waals surface area contributed by atoms with Gasteiger partial charge in [-0.2, -0.15) is 0 Å². The van der Waals surface area contributed by atoms with Crippen LogP contribution in [0.15, 0.2) is 50.6 Å². The Morgan fingerprint density at radius 1 is 0.529 bits per heavy atom. The summed E-state index contributed by atoms with van der Waals surface area (Å²) in [6, 6.07) is 0. The Morgan fingerprint density at radius 2 is 0.588 bits per heavy atom. The van der Waals surface area contributed by atoms with Gasteiger partial charge in [0.1, 0.15) is 0 Å². The molecule has 0 unspecified atom stereocenters. The van der Waals surface area contributed by atoms with Gasteiger partial charge in [-0.3, -0.25) is 0 Å². The van der Waals surface area contributed by atoms with E-state index in [0.717, 1.165) is 0 Å². The quantitative estimate of drug-likeness (QED) is 0.506. The topological polar surface area (TPSA) is 136 Å². The maximum atomic E-state index is 4.91. The van der Waals surface area contributed by atoms with E-state index in [1.807, 2.05) is 0 Å². The summed E-state index contributed by atoms with van der Waals surface area (Å²) >= 11 is 0. The maximum Gasteiger partial charge on any atom is 0.0104 e. The van der Waals surface area contributed by atoms with Gasteiger partial charge in [-0.25, -0.2) is 0 Å². The first-order valence-corrected chi connectivity index (χ1v) is 4.90. The fourth-order valence-electron chi connectivity index (χ4n) is 0. The third kappa shape index (κ3) is 315. The van der Waals surface area contributed by atoms with Crippen LogP contribution in [0.1, 0.15) is 0 Å². The molecule has 0 rings (SSSR count).